The van der Waals surface area contributed by atoms with Gasteiger partial charge in [0, 0.05) is 23.3 Å². The molecule has 0 aromatic carbocycles. The Balaban J connectivity index is 1.26. The summed E-state index contributed by atoms with van der Waals surface area (Å²) in [4.78, 5) is 23.1. The van der Waals surface area contributed by atoms with Crippen LogP contribution in [0.5, 0.6) is 5.75 Å². The number of hydrogen-bond acceptors (Lipinski definition) is 7. The van der Waals surface area contributed by atoms with Crippen LogP contribution in [-0.4, -0.2) is 41.2 Å². The third kappa shape index (κ3) is 3.81. The first-order chi connectivity index (χ1) is 17.8. The van der Waals surface area contributed by atoms with Gasteiger partial charge in [-0.25, -0.2) is 4.98 Å². The van der Waals surface area contributed by atoms with Gasteiger partial charge in [-0.05, 0) is 55.3 Å². The maximum absolute atomic E-state index is 6.23. The molecular weight excluding hydrogens is 470 g/mol. The van der Waals surface area contributed by atoms with Crippen molar-refractivity contribution in [3.63, 3.8) is 0 Å². The van der Waals surface area contributed by atoms with Gasteiger partial charge in [0.2, 0.25) is 0 Å². The van der Waals surface area contributed by atoms with Crippen LogP contribution >= 0.6 is 11.3 Å². The Morgan fingerprint density at radius 2 is 1.89 bits per heavy atom. The number of H-pyrrole nitrogens is 2. The molecule has 1 saturated carbocycles. The van der Waals surface area contributed by atoms with Gasteiger partial charge in [-0.3, -0.25) is 20.1 Å². The molecule has 0 radical (unpaired) electrons. The van der Waals surface area contributed by atoms with Crippen molar-refractivity contribution in [3.05, 3.63) is 60.5 Å². The summed E-state index contributed by atoms with van der Waals surface area (Å²) in [6, 6.07) is 10.1. The predicted molar refractivity (Wildman–Crippen MR) is 141 cm³/mol. The quantitative estimate of drug-likeness (QED) is 0.288. The highest BCUT2D eigenvalue weighted by Crippen LogP contribution is 2.33. The van der Waals surface area contributed by atoms with Gasteiger partial charge < -0.3 is 9.72 Å². The topological polar surface area (TPSA) is 105 Å². The van der Waals surface area contributed by atoms with Gasteiger partial charge >= 0.3 is 0 Å². The first-order valence-corrected chi connectivity index (χ1v) is 13.0. The maximum Gasteiger partial charge on any atom is 0.159 e. The van der Waals surface area contributed by atoms with E-state index < -0.39 is 0 Å². The van der Waals surface area contributed by atoms with Crippen LogP contribution in [0.25, 0.3) is 55.3 Å². The second-order valence-corrected chi connectivity index (χ2v) is 10.0. The Morgan fingerprint density at radius 1 is 0.944 bits per heavy atom. The SMILES string of the molecule is c1csc(-c2nccc3[nH]c(-c4n[nH]c5cnc(-c6cncc(OC7CCCCC7)c6)cc45)nc23)c1. The molecule has 178 valence electrons. The molecule has 0 bridgehead atoms. The van der Waals surface area contributed by atoms with Crippen molar-refractivity contribution >= 4 is 33.3 Å². The number of imidazole rings is 1. The van der Waals surface area contributed by atoms with Gasteiger partial charge in [0.1, 0.15) is 22.7 Å². The molecule has 2 N–H and O–H groups in total. The lowest BCUT2D eigenvalue weighted by Gasteiger charge is -2.22. The number of ether oxygens (including phenoxy) is 1. The average Bonchev–Trinajstić information content (AvgIpc) is 3.68. The smallest absolute Gasteiger partial charge is 0.159 e. The molecule has 36 heavy (non-hydrogen) atoms. The number of thiophene rings is 1. The number of aromatic amines is 2. The summed E-state index contributed by atoms with van der Waals surface area (Å²) in [5, 5.41) is 10.6. The number of pyridine rings is 3. The molecule has 0 atom stereocenters. The van der Waals surface area contributed by atoms with E-state index in [1.807, 2.05) is 35.8 Å². The van der Waals surface area contributed by atoms with E-state index in [9.17, 15) is 0 Å². The van der Waals surface area contributed by atoms with E-state index in [1.54, 1.807) is 29.9 Å². The van der Waals surface area contributed by atoms with Crippen LogP contribution in [0.15, 0.2) is 60.5 Å². The molecule has 0 aliphatic heterocycles. The lowest BCUT2D eigenvalue weighted by Crippen LogP contribution is -2.19. The number of nitrogens with one attached hydrogen (secondary N) is 2. The van der Waals surface area contributed by atoms with E-state index in [2.05, 4.69) is 36.2 Å². The Bertz CT molecular complexity index is 1660. The van der Waals surface area contributed by atoms with Gasteiger partial charge in [-0.15, -0.1) is 11.3 Å². The molecule has 6 heterocycles. The van der Waals surface area contributed by atoms with Crippen molar-refractivity contribution < 1.29 is 4.74 Å². The standard InChI is InChI=1S/C27H23N7OS/c1-2-5-17(6-3-1)35-18-11-16(13-28-14-18)21-12-19-22(15-30-21)33-34-24(19)27-31-20-8-9-29-26(25(20)32-27)23-7-4-10-36-23/h4,7-15,17H,1-3,5-6H2,(H,31,32)(H,33,34). The fourth-order valence-electron chi connectivity index (χ4n) is 4.90. The maximum atomic E-state index is 6.23. The van der Waals surface area contributed by atoms with Crippen molar-refractivity contribution in [3.8, 4) is 39.1 Å². The highest BCUT2D eigenvalue weighted by atomic mass is 32.1. The van der Waals surface area contributed by atoms with Crippen molar-refractivity contribution in [2.24, 2.45) is 0 Å². The number of nitrogens with zero attached hydrogens (tertiary/aromatic N) is 5. The number of hydrogen-bond donors (Lipinski definition) is 2. The van der Waals surface area contributed by atoms with E-state index in [0.717, 1.165) is 68.0 Å². The highest BCUT2D eigenvalue weighted by molar-refractivity contribution is 7.13. The fraction of sp³-hybridized carbons (Fsp3) is 0.222. The van der Waals surface area contributed by atoms with Crippen molar-refractivity contribution in [2.45, 2.75) is 38.2 Å². The third-order valence-corrected chi connectivity index (χ3v) is 7.57. The van der Waals surface area contributed by atoms with Crippen molar-refractivity contribution in [1.29, 1.82) is 0 Å². The van der Waals surface area contributed by atoms with Gasteiger partial charge in [-0.1, -0.05) is 12.5 Å². The minimum absolute atomic E-state index is 0.272. The minimum Gasteiger partial charge on any atom is -0.489 e. The van der Waals surface area contributed by atoms with Crippen LogP contribution in [0.3, 0.4) is 0 Å². The predicted octanol–water partition coefficient (Wildman–Crippen LogP) is 6.40. The van der Waals surface area contributed by atoms with Crippen molar-refractivity contribution in [1.82, 2.24) is 35.1 Å². The number of aromatic nitrogens is 7. The lowest BCUT2D eigenvalue weighted by molar-refractivity contribution is 0.154. The lowest BCUT2D eigenvalue weighted by atomic mass is 9.98. The zero-order valence-electron chi connectivity index (χ0n) is 19.4. The Kier molecular flexibility index (Phi) is 5.20. The second kappa shape index (κ2) is 8.83. The third-order valence-electron chi connectivity index (χ3n) is 6.69. The van der Waals surface area contributed by atoms with Crippen LogP contribution < -0.4 is 4.74 Å². The monoisotopic (exact) mass is 493 g/mol. The Morgan fingerprint density at radius 3 is 2.78 bits per heavy atom. The molecule has 8 nitrogen and oxygen atoms in total. The minimum atomic E-state index is 0.272. The fourth-order valence-corrected chi connectivity index (χ4v) is 5.62. The van der Waals surface area contributed by atoms with E-state index in [1.165, 1.54) is 19.3 Å². The van der Waals surface area contributed by atoms with Crippen LogP contribution in [0.2, 0.25) is 0 Å². The summed E-state index contributed by atoms with van der Waals surface area (Å²) in [6.07, 6.45) is 13.5. The van der Waals surface area contributed by atoms with Crippen LogP contribution in [-0.2, 0) is 0 Å². The number of rotatable bonds is 5. The van der Waals surface area contributed by atoms with Crippen molar-refractivity contribution in [2.75, 3.05) is 0 Å². The largest absolute Gasteiger partial charge is 0.489 e. The van der Waals surface area contributed by atoms with E-state index in [0.29, 0.717) is 5.82 Å². The molecule has 1 aliphatic carbocycles. The second-order valence-electron chi connectivity index (χ2n) is 9.09. The molecule has 6 aromatic rings. The van der Waals surface area contributed by atoms with Gasteiger partial charge in [0.25, 0.3) is 0 Å². The Hall–Kier alpha value is -4.11. The first kappa shape index (κ1) is 21.2. The zero-order valence-corrected chi connectivity index (χ0v) is 20.3. The zero-order chi connectivity index (χ0) is 23.9. The molecule has 0 saturated heterocycles. The molecule has 0 spiro atoms. The molecule has 0 unspecified atom stereocenters. The summed E-state index contributed by atoms with van der Waals surface area (Å²) in [6.45, 7) is 0. The summed E-state index contributed by atoms with van der Waals surface area (Å²) < 4.78 is 6.23. The first-order valence-electron chi connectivity index (χ1n) is 12.2. The Labute approximate surface area is 210 Å². The van der Waals surface area contributed by atoms with Crippen LogP contribution in [0.4, 0.5) is 0 Å². The molecular formula is C27H23N7OS. The van der Waals surface area contributed by atoms with Gasteiger partial charge in [0.15, 0.2) is 5.82 Å². The van der Waals surface area contributed by atoms with E-state index >= 15 is 0 Å². The summed E-state index contributed by atoms with van der Waals surface area (Å²) in [5.41, 5.74) is 5.92. The van der Waals surface area contributed by atoms with Crippen LogP contribution in [0, 0.1) is 0 Å². The van der Waals surface area contributed by atoms with E-state index in [-0.39, 0.29) is 6.10 Å². The number of fused-ring (bicyclic) bond motifs is 2. The van der Waals surface area contributed by atoms with Crippen LogP contribution in [0.1, 0.15) is 32.1 Å². The highest BCUT2D eigenvalue weighted by Gasteiger charge is 2.18. The normalized spacial score (nSPS) is 14.6. The molecule has 1 fully saturated rings. The molecule has 9 heteroatoms. The molecule has 7 rings (SSSR count). The average molecular weight is 494 g/mol. The van der Waals surface area contributed by atoms with E-state index in [4.69, 9.17) is 9.72 Å². The van der Waals surface area contributed by atoms with Gasteiger partial charge in [0.05, 0.1) is 40.1 Å². The molecule has 6 aromatic heterocycles. The summed E-state index contributed by atoms with van der Waals surface area (Å²) in [5.74, 6) is 1.48. The summed E-state index contributed by atoms with van der Waals surface area (Å²) in [7, 11) is 0. The molecule has 0 amide bonds. The summed E-state index contributed by atoms with van der Waals surface area (Å²) >= 11 is 1.65. The molecule has 1 aliphatic rings. The van der Waals surface area contributed by atoms with Gasteiger partial charge in [-0.2, -0.15) is 5.10 Å².